The van der Waals surface area contributed by atoms with Gasteiger partial charge < -0.3 is 25.3 Å². The average Bonchev–Trinajstić information content (AvgIpc) is 2.83. The van der Waals surface area contributed by atoms with Crippen LogP contribution in [0, 0.1) is 5.92 Å². The van der Waals surface area contributed by atoms with E-state index in [4.69, 9.17) is 4.74 Å². The molecule has 37 heavy (non-hydrogen) atoms. The fourth-order valence-electron chi connectivity index (χ4n) is 3.65. The van der Waals surface area contributed by atoms with E-state index in [2.05, 4.69) is 38.3 Å². The maximum atomic E-state index is 13.1. The Morgan fingerprint density at radius 3 is 1.97 bits per heavy atom. The quantitative estimate of drug-likeness (QED) is 0.250. The van der Waals surface area contributed by atoms with E-state index in [9.17, 15) is 19.5 Å². The number of carboxylic acids is 1. The van der Waals surface area contributed by atoms with Gasteiger partial charge in [-0.15, -0.1) is 0 Å². The van der Waals surface area contributed by atoms with Gasteiger partial charge in [-0.1, -0.05) is 82.3 Å². The predicted octanol–water partition coefficient (Wildman–Crippen LogP) is -0.228. The number of hydrogen-bond acceptors (Lipinski definition) is 5. The zero-order valence-electron chi connectivity index (χ0n) is 22.8. The van der Waals surface area contributed by atoms with E-state index in [1.165, 1.54) is 0 Å². The second kappa shape index (κ2) is 17.3. The summed E-state index contributed by atoms with van der Waals surface area (Å²) in [4.78, 5) is 37.5. The minimum atomic E-state index is -1.38. The molecule has 0 saturated heterocycles. The molecule has 2 N–H and O–H groups in total. The molecule has 0 aliphatic carbocycles. The molecular formula is C29H39N2NaO5. The van der Waals surface area contributed by atoms with Gasteiger partial charge in [-0.05, 0) is 41.4 Å². The smallest absolute Gasteiger partial charge is 0.548 e. The minimum Gasteiger partial charge on any atom is -0.548 e. The van der Waals surface area contributed by atoms with Crippen LogP contribution in [0.1, 0.15) is 63.1 Å². The van der Waals surface area contributed by atoms with Crippen molar-refractivity contribution in [3.05, 3.63) is 71.3 Å². The van der Waals surface area contributed by atoms with Gasteiger partial charge in [-0.25, -0.2) is 0 Å². The fraction of sp³-hybridized carbons (Fsp3) is 0.483. The van der Waals surface area contributed by atoms with Crippen LogP contribution in [0.3, 0.4) is 0 Å². The van der Waals surface area contributed by atoms with Crippen LogP contribution in [-0.4, -0.2) is 43.1 Å². The zero-order chi connectivity index (χ0) is 26.5. The van der Waals surface area contributed by atoms with E-state index in [0.29, 0.717) is 18.4 Å². The monoisotopic (exact) mass is 518 g/mol. The summed E-state index contributed by atoms with van der Waals surface area (Å²) < 4.78 is 5.51. The van der Waals surface area contributed by atoms with Crippen LogP contribution in [0.15, 0.2) is 54.6 Å². The summed E-state index contributed by atoms with van der Waals surface area (Å²) in [5.74, 6) is -1.40. The Balaban J connectivity index is 0.00000684. The number of carbonyl (C=O) groups is 3. The molecule has 2 rings (SSSR count). The van der Waals surface area contributed by atoms with E-state index in [-0.39, 0.29) is 61.3 Å². The molecule has 0 fully saturated rings. The maximum absolute atomic E-state index is 13.1. The molecule has 0 spiro atoms. The first-order chi connectivity index (χ1) is 17.2. The first-order valence-electron chi connectivity index (χ1n) is 12.7. The van der Waals surface area contributed by atoms with Crippen LogP contribution in [0.25, 0.3) is 0 Å². The van der Waals surface area contributed by atoms with Crippen molar-refractivity contribution < 1.29 is 53.8 Å². The summed E-state index contributed by atoms with van der Waals surface area (Å²) in [6.45, 7) is 9.19. The summed E-state index contributed by atoms with van der Waals surface area (Å²) in [5, 5.41) is 17.2. The third-order valence-corrected chi connectivity index (χ3v) is 5.93. The molecule has 2 amide bonds. The Bertz CT molecular complexity index is 964. The van der Waals surface area contributed by atoms with Crippen LogP contribution >= 0.6 is 0 Å². The van der Waals surface area contributed by atoms with Crippen molar-refractivity contribution in [1.29, 1.82) is 0 Å². The van der Waals surface area contributed by atoms with Crippen molar-refractivity contribution in [3.63, 3.8) is 0 Å². The third kappa shape index (κ3) is 12.7. The van der Waals surface area contributed by atoms with Gasteiger partial charge in [0.25, 0.3) is 0 Å². The zero-order valence-corrected chi connectivity index (χ0v) is 24.8. The fourth-order valence-corrected chi connectivity index (χ4v) is 3.65. The number of ether oxygens (including phenoxy) is 1. The molecule has 2 aromatic carbocycles. The third-order valence-electron chi connectivity index (χ3n) is 5.93. The van der Waals surface area contributed by atoms with Gasteiger partial charge >= 0.3 is 29.6 Å². The Labute approximate surface area is 243 Å². The van der Waals surface area contributed by atoms with E-state index in [0.717, 1.165) is 23.1 Å². The van der Waals surface area contributed by atoms with E-state index in [1.54, 1.807) is 0 Å². The predicted molar refractivity (Wildman–Crippen MR) is 138 cm³/mol. The first-order valence-corrected chi connectivity index (χ1v) is 12.7. The Kier molecular flexibility index (Phi) is 15.4. The summed E-state index contributed by atoms with van der Waals surface area (Å²) in [6, 6.07) is 14.7. The molecule has 196 valence electrons. The van der Waals surface area contributed by atoms with Gasteiger partial charge in [0.2, 0.25) is 11.8 Å². The molecule has 0 aliphatic rings. The van der Waals surface area contributed by atoms with E-state index >= 15 is 0 Å². The summed E-state index contributed by atoms with van der Waals surface area (Å²) in [6.07, 6.45) is 1.34. The van der Waals surface area contributed by atoms with Gasteiger partial charge in [0, 0.05) is 19.4 Å². The summed E-state index contributed by atoms with van der Waals surface area (Å²) >= 11 is 0. The van der Waals surface area contributed by atoms with Gasteiger partial charge in [0.1, 0.15) is 6.04 Å². The molecule has 0 aliphatic heterocycles. The number of hydrogen-bond donors (Lipinski definition) is 2. The minimum absolute atomic E-state index is 0. The summed E-state index contributed by atoms with van der Waals surface area (Å²) in [5.41, 5.74) is 2.77. The number of rotatable bonds is 15. The SMILES string of the molecule is CC(C)CCOCCC(=O)N[C@@H](Cc1ccccc1)C(=O)N[C@H](Cc1ccc(C(C)C)cc1)C(=O)[O-].[Na+]. The number of aliphatic carboxylic acids is 1. The molecule has 0 saturated carbocycles. The summed E-state index contributed by atoms with van der Waals surface area (Å²) in [7, 11) is 0. The van der Waals surface area contributed by atoms with Gasteiger partial charge in [-0.2, -0.15) is 0 Å². The van der Waals surface area contributed by atoms with E-state index in [1.807, 2.05) is 54.6 Å². The van der Waals surface area contributed by atoms with Crippen LogP contribution in [0.5, 0.6) is 0 Å². The molecular weight excluding hydrogens is 479 g/mol. The Hall–Kier alpha value is -2.19. The molecule has 0 bridgehead atoms. The topological polar surface area (TPSA) is 108 Å². The Morgan fingerprint density at radius 2 is 1.41 bits per heavy atom. The van der Waals surface area contributed by atoms with Crippen LogP contribution in [0.2, 0.25) is 0 Å². The molecule has 0 aromatic heterocycles. The van der Waals surface area contributed by atoms with Gasteiger partial charge in [-0.3, -0.25) is 9.59 Å². The molecule has 7 nitrogen and oxygen atoms in total. The number of nitrogens with one attached hydrogen (secondary N) is 2. The van der Waals surface area contributed by atoms with Crippen LogP contribution in [-0.2, 0) is 32.0 Å². The average molecular weight is 519 g/mol. The van der Waals surface area contributed by atoms with Crippen molar-refractivity contribution >= 4 is 17.8 Å². The standard InChI is InChI=1S/C29H40N2O5.Na/c1-20(2)14-16-36-17-15-27(32)30-25(18-22-8-6-5-7-9-22)28(33)31-26(29(34)35)19-23-10-12-24(13-11-23)21(3)4;/h5-13,20-21,25-26H,14-19H2,1-4H3,(H,30,32)(H,31,33)(H,34,35);/q;+1/p-1/t25-,26+;/m0./s1. The molecule has 0 unspecified atom stereocenters. The van der Waals surface area contributed by atoms with Crippen LogP contribution < -0.4 is 45.3 Å². The normalized spacial score (nSPS) is 12.5. The van der Waals surface area contributed by atoms with Crippen molar-refractivity contribution in [3.8, 4) is 0 Å². The molecule has 0 radical (unpaired) electrons. The molecule has 2 atom stereocenters. The van der Waals surface area contributed by atoms with Gasteiger partial charge in [0.15, 0.2) is 0 Å². The Morgan fingerprint density at radius 1 is 0.811 bits per heavy atom. The van der Waals surface area contributed by atoms with Crippen molar-refractivity contribution in [1.82, 2.24) is 10.6 Å². The largest absolute Gasteiger partial charge is 1.00 e. The molecule has 2 aromatic rings. The number of carbonyl (C=O) groups excluding carboxylic acids is 3. The second-order valence-electron chi connectivity index (χ2n) is 9.84. The number of amides is 2. The van der Waals surface area contributed by atoms with Crippen molar-refractivity contribution in [2.75, 3.05) is 13.2 Å². The molecule has 0 heterocycles. The first kappa shape index (κ1) is 32.8. The van der Waals surface area contributed by atoms with Crippen molar-refractivity contribution in [2.24, 2.45) is 5.92 Å². The second-order valence-corrected chi connectivity index (χ2v) is 9.84. The molecule has 8 heteroatoms. The van der Waals surface area contributed by atoms with Crippen molar-refractivity contribution in [2.45, 2.75) is 71.4 Å². The number of carboxylic acid groups (broad SMARTS) is 1. The number of benzene rings is 2. The van der Waals surface area contributed by atoms with Crippen LogP contribution in [0.4, 0.5) is 0 Å². The maximum Gasteiger partial charge on any atom is 1.00 e. The van der Waals surface area contributed by atoms with Gasteiger partial charge in [0.05, 0.1) is 18.6 Å². The van der Waals surface area contributed by atoms with E-state index < -0.39 is 24.0 Å².